The lowest BCUT2D eigenvalue weighted by atomic mass is 10.2. The molecule has 8 heteroatoms. The van der Waals surface area contributed by atoms with E-state index in [1.807, 2.05) is 36.4 Å². The van der Waals surface area contributed by atoms with E-state index < -0.39 is 0 Å². The summed E-state index contributed by atoms with van der Waals surface area (Å²) in [7, 11) is 0. The van der Waals surface area contributed by atoms with Gasteiger partial charge in [-0.1, -0.05) is 12.1 Å². The Morgan fingerprint density at radius 2 is 2.08 bits per heavy atom. The van der Waals surface area contributed by atoms with Crippen molar-refractivity contribution in [3.63, 3.8) is 0 Å². The first kappa shape index (κ1) is 15.3. The molecule has 0 amide bonds. The monoisotopic (exact) mass is 349 g/mol. The Kier molecular flexibility index (Phi) is 3.56. The highest BCUT2D eigenvalue weighted by Gasteiger charge is 2.26. The van der Waals surface area contributed by atoms with Crippen molar-refractivity contribution in [3.05, 3.63) is 48.6 Å². The van der Waals surface area contributed by atoms with Gasteiger partial charge in [0.05, 0.1) is 6.54 Å². The molecule has 132 valence electrons. The van der Waals surface area contributed by atoms with E-state index in [-0.39, 0.29) is 0 Å². The molecule has 3 aromatic heterocycles. The lowest BCUT2D eigenvalue weighted by Crippen LogP contribution is -2.52. The highest BCUT2D eigenvalue weighted by molar-refractivity contribution is 5.72. The van der Waals surface area contributed by atoms with E-state index in [4.69, 9.17) is 4.42 Å². The van der Waals surface area contributed by atoms with Crippen LogP contribution in [0.5, 0.6) is 0 Å². The fraction of sp³-hybridized carbons (Fsp3) is 0.333. The Morgan fingerprint density at radius 3 is 2.96 bits per heavy atom. The molecule has 0 bridgehead atoms. The summed E-state index contributed by atoms with van der Waals surface area (Å²) in [6.45, 7) is 5.72. The van der Waals surface area contributed by atoms with Gasteiger partial charge in [-0.3, -0.25) is 4.90 Å². The molecule has 0 unspecified atom stereocenters. The van der Waals surface area contributed by atoms with E-state index >= 15 is 0 Å². The minimum absolute atomic E-state index is 0.342. The van der Waals surface area contributed by atoms with E-state index in [0.29, 0.717) is 6.04 Å². The number of aromatic nitrogens is 5. The van der Waals surface area contributed by atoms with Crippen LogP contribution in [0.2, 0.25) is 0 Å². The molecule has 4 aromatic rings. The Labute approximate surface area is 150 Å². The second kappa shape index (κ2) is 6.06. The topological polar surface area (TPSA) is 75.6 Å². The van der Waals surface area contributed by atoms with Gasteiger partial charge in [0.2, 0.25) is 5.89 Å². The van der Waals surface area contributed by atoms with E-state index in [1.54, 1.807) is 10.8 Å². The Bertz CT molecular complexity index is 1020. The standard InChI is InChI=1S/C18H19N7O/c1-13-10-23(11-18-20-14-4-2-3-5-15(14)26-18)8-9-24(13)17-7-6-16-21-19-12-25(16)22-17/h2-7,12-13H,8-11H2,1H3/t13-/m0/s1. The van der Waals surface area contributed by atoms with Crippen molar-refractivity contribution in [1.82, 2.24) is 29.7 Å². The Hall–Kier alpha value is -3.00. The number of rotatable bonds is 3. The third kappa shape index (κ3) is 2.68. The van der Waals surface area contributed by atoms with Gasteiger partial charge in [-0.15, -0.1) is 15.3 Å². The maximum Gasteiger partial charge on any atom is 0.209 e. The third-order valence-corrected chi connectivity index (χ3v) is 4.85. The Morgan fingerprint density at radius 1 is 1.15 bits per heavy atom. The molecule has 0 radical (unpaired) electrons. The molecule has 1 aliphatic heterocycles. The van der Waals surface area contributed by atoms with Crippen LogP contribution in [-0.4, -0.2) is 55.4 Å². The maximum absolute atomic E-state index is 5.86. The summed E-state index contributed by atoms with van der Waals surface area (Å²) in [4.78, 5) is 9.29. The summed E-state index contributed by atoms with van der Waals surface area (Å²) >= 11 is 0. The SMILES string of the molecule is C[C@H]1CN(Cc2nc3ccccc3o2)CCN1c1ccc2nncn2n1. The largest absolute Gasteiger partial charge is 0.439 e. The van der Waals surface area contributed by atoms with Gasteiger partial charge in [-0.2, -0.15) is 4.52 Å². The molecule has 0 N–H and O–H groups in total. The third-order valence-electron chi connectivity index (χ3n) is 4.85. The van der Waals surface area contributed by atoms with Gasteiger partial charge in [0.25, 0.3) is 0 Å². The number of anilines is 1. The van der Waals surface area contributed by atoms with Crippen LogP contribution in [0.1, 0.15) is 12.8 Å². The van der Waals surface area contributed by atoms with Crippen LogP contribution in [0, 0.1) is 0 Å². The molecule has 26 heavy (non-hydrogen) atoms. The second-order valence-electron chi connectivity index (χ2n) is 6.68. The van der Waals surface area contributed by atoms with Crippen molar-refractivity contribution in [3.8, 4) is 0 Å². The van der Waals surface area contributed by atoms with Crippen LogP contribution in [-0.2, 0) is 6.54 Å². The maximum atomic E-state index is 5.86. The molecular weight excluding hydrogens is 330 g/mol. The number of para-hydroxylation sites is 2. The van der Waals surface area contributed by atoms with Gasteiger partial charge in [-0.05, 0) is 31.2 Å². The quantitative estimate of drug-likeness (QED) is 0.560. The van der Waals surface area contributed by atoms with Crippen LogP contribution >= 0.6 is 0 Å². The molecule has 1 aromatic carbocycles. The number of piperazine rings is 1. The summed E-state index contributed by atoms with van der Waals surface area (Å²) in [6.07, 6.45) is 1.63. The predicted molar refractivity (Wildman–Crippen MR) is 96.9 cm³/mol. The zero-order valence-electron chi connectivity index (χ0n) is 14.5. The number of hydrogen-bond acceptors (Lipinski definition) is 7. The zero-order valence-corrected chi connectivity index (χ0v) is 14.5. The molecule has 1 atom stereocenters. The fourth-order valence-electron chi connectivity index (χ4n) is 3.57. The van der Waals surface area contributed by atoms with Crippen molar-refractivity contribution in [2.75, 3.05) is 24.5 Å². The number of oxazole rings is 1. The van der Waals surface area contributed by atoms with E-state index in [1.165, 1.54) is 0 Å². The number of fused-ring (bicyclic) bond motifs is 2. The molecule has 1 aliphatic rings. The van der Waals surface area contributed by atoms with Crippen LogP contribution in [0.3, 0.4) is 0 Å². The lowest BCUT2D eigenvalue weighted by molar-refractivity contribution is 0.203. The molecular formula is C18H19N7O. The molecule has 0 aliphatic carbocycles. The van der Waals surface area contributed by atoms with E-state index in [2.05, 4.69) is 37.0 Å². The fourth-order valence-corrected chi connectivity index (χ4v) is 3.57. The molecule has 0 spiro atoms. The van der Waals surface area contributed by atoms with Crippen molar-refractivity contribution in [2.45, 2.75) is 19.5 Å². The van der Waals surface area contributed by atoms with Gasteiger partial charge >= 0.3 is 0 Å². The van der Waals surface area contributed by atoms with Crippen LogP contribution in [0.15, 0.2) is 47.1 Å². The summed E-state index contributed by atoms with van der Waals surface area (Å²) in [5, 5.41) is 12.5. The second-order valence-corrected chi connectivity index (χ2v) is 6.68. The minimum atomic E-state index is 0.342. The van der Waals surface area contributed by atoms with Gasteiger partial charge in [0.15, 0.2) is 11.2 Å². The molecule has 1 fully saturated rings. The minimum Gasteiger partial charge on any atom is -0.439 e. The number of nitrogens with zero attached hydrogens (tertiary/aromatic N) is 7. The van der Waals surface area contributed by atoms with E-state index in [0.717, 1.165) is 54.6 Å². The molecule has 0 saturated carbocycles. The first-order chi connectivity index (χ1) is 12.8. The first-order valence-electron chi connectivity index (χ1n) is 8.77. The van der Waals surface area contributed by atoms with Crippen LogP contribution in [0.4, 0.5) is 5.82 Å². The van der Waals surface area contributed by atoms with Gasteiger partial charge in [0, 0.05) is 25.7 Å². The summed E-state index contributed by atoms with van der Waals surface area (Å²) in [5.74, 6) is 1.72. The first-order valence-corrected chi connectivity index (χ1v) is 8.77. The highest BCUT2D eigenvalue weighted by Crippen LogP contribution is 2.21. The molecule has 4 heterocycles. The van der Waals surface area contributed by atoms with Crippen molar-refractivity contribution < 1.29 is 4.42 Å². The van der Waals surface area contributed by atoms with E-state index in [9.17, 15) is 0 Å². The summed E-state index contributed by atoms with van der Waals surface area (Å²) < 4.78 is 7.58. The number of benzene rings is 1. The van der Waals surface area contributed by atoms with Crippen molar-refractivity contribution >= 4 is 22.6 Å². The van der Waals surface area contributed by atoms with Crippen molar-refractivity contribution in [1.29, 1.82) is 0 Å². The average molecular weight is 349 g/mol. The normalized spacial score (nSPS) is 18.8. The lowest BCUT2D eigenvalue weighted by Gasteiger charge is -2.39. The summed E-state index contributed by atoms with van der Waals surface area (Å²) in [6, 6.07) is 12.2. The smallest absolute Gasteiger partial charge is 0.209 e. The van der Waals surface area contributed by atoms with Crippen LogP contribution < -0.4 is 4.90 Å². The van der Waals surface area contributed by atoms with Crippen molar-refractivity contribution in [2.24, 2.45) is 0 Å². The number of hydrogen-bond donors (Lipinski definition) is 0. The predicted octanol–water partition coefficient (Wildman–Crippen LogP) is 1.98. The van der Waals surface area contributed by atoms with Gasteiger partial charge in [-0.25, -0.2) is 4.98 Å². The molecule has 1 saturated heterocycles. The Balaban J connectivity index is 1.30. The van der Waals surface area contributed by atoms with Crippen LogP contribution in [0.25, 0.3) is 16.7 Å². The molecule has 5 rings (SSSR count). The summed E-state index contributed by atoms with van der Waals surface area (Å²) in [5.41, 5.74) is 2.53. The van der Waals surface area contributed by atoms with Gasteiger partial charge in [0.1, 0.15) is 17.7 Å². The average Bonchev–Trinajstić information content (AvgIpc) is 3.27. The molecule has 8 nitrogen and oxygen atoms in total. The highest BCUT2D eigenvalue weighted by atomic mass is 16.3. The zero-order chi connectivity index (χ0) is 17.5. The van der Waals surface area contributed by atoms with Gasteiger partial charge < -0.3 is 9.32 Å².